The van der Waals surface area contributed by atoms with Crippen LogP contribution in [-0.2, 0) is 13.1 Å². The maximum absolute atomic E-state index is 5.82. The molecule has 3 N–H and O–H groups in total. The van der Waals surface area contributed by atoms with Gasteiger partial charge in [-0.3, -0.25) is 4.90 Å². The molecular formula is C17H29N5. The molecule has 0 aliphatic carbocycles. The number of nitrogens with zero attached hydrogens (tertiary/aromatic N) is 3. The van der Waals surface area contributed by atoms with Crippen LogP contribution < -0.4 is 11.1 Å². The van der Waals surface area contributed by atoms with Gasteiger partial charge in [0.05, 0.1) is 6.54 Å². The first kappa shape index (κ1) is 16.8. The maximum atomic E-state index is 5.82. The molecule has 1 aliphatic rings. The van der Waals surface area contributed by atoms with Gasteiger partial charge in [-0.15, -0.1) is 0 Å². The Morgan fingerprint density at radius 2 is 1.73 bits per heavy atom. The lowest BCUT2D eigenvalue weighted by Gasteiger charge is -2.32. The summed E-state index contributed by atoms with van der Waals surface area (Å²) in [5, 5.41) is 3.10. The van der Waals surface area contributed by atoms with Crippen molar-refractivity contribution in [1.82, 2.24) is 15.1 Å². The summed E-state index contributed by atoms with van der Waals surface area (Å²) in [5.41, 5.74) is 8.37. The van der Waals surface area contributed by atoms with Crippen molar-refractivity contribution in [3.05, 3.63) is 35.4 Å². The monoisotopic (exact) mass is 303 g/mol. The van der Waals surface area contributed by atoms with Crippen LogP contribution in [-0.4, -0.2) is 55.0 Å². The molecular weight excluding hydrogens is 274 g/mol. The Bertz CT molecular complexity index is 472. The average molecular weight is 303 g/mol. The summed E-state index contributed by atoms with van der Waals surface area (Å²) in [5.74, 6) is 0.511. The summed E-state index contributed by atoms with van der Waals surface area (Å²) in [7, 11) is 2.19. The van der Waals surface area contributed by atoms with Crippen LogP contribution in [0.4, 0.5) is 0 Å². The molecule has 1 aromatic carbocycles. The topological polar surface area (TPSA) is 56.9 Å². The van der Waals surface area contributed by atoms with E-state index >= 15 is 0 Å². The van der Waals surface area contributed by atoms with Gasteiger partial charge < -0.3 is 16.0 Å². The number of nitrogens with two attached hydrogens (primary N) is 1. The van der Waals surface area contributed by atoms with Crippen LogP contribution in [0.25, 0.3) is 0 Å². The highest BCUT2D eigenvalue weighted by atomic mass is 15.2. The molecule has 1 fully saturated rings. The molecule has 1 heterocycles. The van der Waals surface area contributed by atoms with E-state index < -0.39 is 0 Å². The third-order valence-corrected chi connectivity index (χ3v) is 3.89. The van der Waals surface area contributed by atoms with Gasteiger partial charge in [0, 0.05) is 38.8 Å². The zero-order valence-electron chi connectivity index (χ0n) is 14.0. The molecule has 0 saturated carbocycles. The maximum Gasteiger partial charge on any atom is 0.189 e. The molecule has 122 valence electrons. The van der Waals surface area contributed by atoms with E-state index in [0.29, 0.717) is 18.5 Å². The van der Waals surface area contributed by atoms with Crippen LogP contribution in [0.1, 0.15) is 25.0 Å². The van der Waals surface area contributed by atoms with E-state index in [1.165, 1.54) is 11.1 Å². The second-order valence-corrected chi connectivity index (χ2v) is 6.40. The number of guanidine groups is 1. The number of likely N-dealkylation sites (N-methyl/N-ethyl adjacent to an activating group) is 1. The lowest BCUT2D eigenvalue weighted by Crippen LogP contribution is -2.43. The molecule has 0 aromatic heterocycles. The van der Waals surface area contributed by atoms with Gasteiger partial charge in [-0.1, -0.05) is 24.3 Å². The van der Waals surface area contributed by atoms with Gasteiger partial charge in [0.15, 0.2) is 5.96 Å². The van der Waals surface area contributed by atoms with Crippen LogP contribution in [0.2, 0.25) is 0 Å². The molecule has 0 radical (unpaired) electrons. The van der Waals surface area contributed by atoms with Crippen LogP contribution in [0.3, 0.4) is 0 Å². The van der Waals surface area contributed by atoms with Gasteiger partial charge in [-0.05, 0) is 32.0 Å². The zero-order valence-corrected chi connectivity index (χ0v) is 14.0. The van der Waals surface area contributed by atoms with Crippen molar-refractivity contribution in [3.8, 4) is 0 Å². The minimum Gasteiger partial charge on any atom is -0.370 e. The number of hydrogen-bond acceptors (Lipinski definition) is 3. The first-order chi connectivity index (χ1) is 10.5. The SMILES string of the molecule is CC(C)NC(N)=NCc1ccc(CN2CCN(C)CC2)cc1. The first-order valence-corrected chi connectivity index (χ1v) is 8.08. The molecule has 0 atom stereocenters. The molecule has 2 rings (SSSR count). The van der Waals surface area contributed by atoms with Gasteiger partial charge in [0.25, 0.3) is 0 Å². The molecule has 5 nitrogen and oxygen atoms in total. The van der Waals surface area contributed by atoms with Crippen LogP contribution in [0.5, 0.6) is 0 Å². The molecule has 22 heavy (non-hydrogen) atoms. The highest BCUT2D eigenvalue weighted by Crippen LogP contribution is 2.10. The molecule has 1 saturated heterocycles. The third kappa shape index (κ3) is 5.66. The van der Waals surface area contributed by atoms with E-state index in [0.717, 1.165) is 32.7 Å². The Balaban J connectivity index is 1.82. The summed E-state index contributed by atoms with van der Waals surface area (Å²) in [6.45, 7) is 10.4. The van der Waals surface area contributed by atoms with E-state index in [2.05, 4.69) is 65.3 Å². The second-order valence-electron chi connectivity index (χ2n) is 6.40. The second kappa shape index (κ2) is 8.15. The van der Waals surface area contributed by atoms with Crippen LogP contribution >= 0.6 is 0 Å². The Hall–Kier alpha value is -1.59. The number of rotatable bonds is 5. The van der Waals surface area contributed by atoms with Gasteiger partial charge in [-0.2, -0.15) is 0 Å². The summed E-state index contributed by atoms with van der Waals surface area (Å²) in [6.07, 6.45) is 0. The van der Waals surface area contributed by atoms with Gasteiger partial charge in [-0.25, -0.2) is 4.99 Å². The molecule has 0 spiro atoms. The fourth-order valence-corrected chi connectivity index (χ4v) is 2.53. The van der Waals surface area contributed by atoms with E-state index in [4.69, 9.17) is 5.73 Å². The Labute approximate surface area is 134 Å². The highest BCUT2D eigenvalue weighted by Gasteiger charge is 2.13. The van der Waals surface area contributed by atoms with Gasteiger partial charge >= 0.3 is 0 Å². The standard InChI is InChI=1S/C17H29N5/c1-14(2)20-17(18)19-12-15-4-6-16(7-5-15)13-22-10-8-21(3)9-11-22/h4-7,14H,8-13H2,1-3H3,(H3,18,19,20). The normalized spacial score (nSPS) is 17.9. The number of benzene rings is 1. The highest BCUT2D eigenvalue weighted by molar-refractivity contribution is 5.78. The molecule has 0 unspecified atom stereocenters. The van der Waals surface area contributed by atoms with E-state index in [9.17, 15) is 0 Å². The predicted molar refractivity (Wildman–Crippen MR) is 92.8 cm³/mol. The number of nitrogens with one attached hydrogen (secondary N) is 1. The molecule has 0 bridgehead atoms. The Morgan fingerprint density at radius 3 is 2.32 bits per heavy atom. The van der Waals surface area contributed by atoms with E-state index in [-0.39, 0.29) is 0 Å². The average Bonchev–Trinajstić information content (AvgIpc) is 2.48. The van der Waals surface area contributed by atoms with Crippen molar-refractivity contribution in [2.75, 3.05) is 33.2 Å². The Kier molecular flexibility index (Phi) is 6.21. The molecule has 1 aliphatic heterocycles. The van der Waals surface area contributed by atoms with Gasteiger partial charge in [0.1, 0.15) is 0 Å². The summed E-state index contributed by atoms with van der Waals surface area (Å²) >= 11 is 0. The van der Waals surface area contributed by atoms with Crippen molar-refractivity contribution in [3.63, 3.8) is 0 Å². The molecule has 0 amide bonds. The number of piperazine rings is 1. The van der Waals surface area contributed by atoms with Crippen molar-refractivity contribution in [2.24, 2.45) is 10.7 Å². The van der Waals surface area contributed by atoms with Crippen LogP contribution in [0, 0.1) is 0 Å². The smallest absolute Gasteiger partial charge is 0.189 e. The quantitative estimate of drug-likeness (QED) is 0.635. The summed E-state index contributed by atoms with van der Waals surface area (Å²) in [4.78, 5) is 9.25. The number of hydrogen-bond donors (Lipinski definition) is 2. The number of aliphatic imine (C=N–C) groups is 1. The fourth-order valence-electron chi connectivity index (χ4n) is 2.53. The Morgan fingerprint density at radius 1 is 1.14 bits per heavy atom. The lowest BCUT2D eigenvalue weighted by atomic mass is 10.1. The summed E-state index contributed by atoms with van der Waals surface area (Å²) < 4.78 is 0. The van der Waals surface area contributed by atoms with Crippen LogP contribution in [0.15, 0.2) is 29.3 Å². The van der Waals surface area contributed by atoms with Crippen molar-refractivity contribution in [1.29, 1.82) is 0 Å². The largest absolute Gasteiger partial charge is 0.370 e. The first-order valence-electron chi connectivity index (χ1n) is 8.08. The van der Waals surface area contributed by atoms with Gasteiger partial charge in [0.2, 0.25) is 0 Å². The van der Waals surface area contributed by atoms with Crippen molar-refractivity contribution in [2.45, 2.75) is 33.0 Å². The lowest BCUT2D eigenvalue weighted by molar-refractivity contribution is 0.148. The zero-order chi connectivity index (χ0) is 15.9. The fraction of sp³-hybridized carbons (Fsp3) is 0.588. The molecule has 1 aromatic rings. The minimum absolute atomic E-state index is 0.315. The minimum atomic E-state index is 0.315. The molecule has 5 heteroatoms. The van der Waals surface area contributed by atoms with Crippen molar-refractivity contribution < 1.29 is 0 Å². The van der Waals surface area contributed by atoms with E-state index in [1.807, 2.05) is 0 Å². The predicted octanol–water partition coefficient (Wildman–Crippen LogP) is 1.25. The van der Waals surface area contributed by atoms with Crippen molar-refractivity contribution >= 4 is 5.96 Å². The summed E-state index contributed by atoms with van der Waals surface area (Å²) in [6, 6.07) is 9.02. The third-order valence-electron chi connectivity index (χ3n) is 3.89. The van der Waals surface area contributed by atoms with E-state index in [1.54, 1.807) is 0 Å².